The van der Waals surface area contributed by atoms with Crippen molar-refractivity contribution in [1.29, 1.82) is 0 Å². The molecule has 0 fully saturated rings. The predicted octanol–water partition coefficient (Wildman–Crippen LogP) is 2.67. The van der Waals surface area contributed by atoms with Crippen LogP contribution in [0.5, 0.6) is 0 Å². The van der Waals surface area contributed by atoms with Gasteiger partial charge in [-0.2, -0.15) is 0 Å². The summed E-state index contributed by atoms with van der Waals surface area (Å²) < 4.78 is 10.7. The summed E-state index contributed by atoms with van der Waals surface area (Å²) in [5.41, 5.74) is 0. The van der Waals surface area contributed by atoms with Crippen LogP contribution in [-0.4, -0.2) is 23.8 Å². The van der Waals surface area contributed by atoms with Crippen LogP contribution in [0.2, 0.25) is 0 Å². The summed E-state index contributed by atoms with van der Waals surface area (Å²) in [5, 5.41) is 9.96. The molecule has 0 bridgehead atoms. The zero-order chi connectivity index (χ0) is 11.0. The van der Waals surface area contributed by atoms with Crippen LogP contribution in [0.15, 0.2) is 0 Å². The highest BCUT2D eigenvalue weighted by atomic mass is 16.8. The molecule has 0 aromatic carbocycles. The molecule has 0 heterocycles. The molecule has 0 aromatic rings. The molecule has 0 saturated carbocycles. The largest absolute Gasteiger partial charge is 0.343 e. The molecule has 1 atom stereocenters. The van der Waals surface area contributed by atoms with Gasteiger partial charge < -0.3 is 14.6 Å². The summed E-state index contributed by atoms with van der Waals surface area (Å²) in [7, 11) is 0. The Kier molecular flexibility index (Phi) is 7.15. The Labute approximate surface area is 87.4 Å². The number of ether oxygens (including phenoxy) is 2. The van der Waals surface area contributed by atoms with Gasteiger partial charge in [0.2, 0.25) is 0 Å². The molecular formula is C11H24O3. The van der Waals surface area contributed by atoms with E-state index in [1.807, 2.05) is 20.8 Å². The molecule has 0 spiro atoms. The molecule has 86 valence electrons. The Bertz CT molecular complexity index is 136. The highest BCUT2D eigenvalue weighted by Gasteiger charge is 2.28. The van der Waals surface area contributed by atoms with E-state index in [1.54, 1.807) is 0 Å². The van der Waals surface area contributed by atoms with Crippen molar-refractivity contribution in [1.82, 2.24) is 0 Å². The van der Waals surface area contributed by atoms with Gasteiger partial charge in [0, 0.05) is 6.42 Å². The second kappa shape index (κ2) is 7.21. The molecule has 0 amide bonds. The van der Waals surface area contributed by atoms with Crippen molar-refractivity contribution in [3.8, 4) is 0 Å². The molecular weight excluding hydrogens is 180 g/mol. The van der Waals surface area contributed by atoms with Crippen molar-refractivity contribution in [2.45, 2.75) is 65.5 Å². The van der Waals surface area contributed by atoms with E-state index in [2.05, 4.69) is 6.92 Å². The van der Waals surface area contributed by atoms with Crippen LogP contribution in [0.3, 0.4) is 0 Å². The number of unbranched alkanes of at least 4 members (excludes halogenated alkanes) is 1. The normalized spacial score (nSPS) is 15.9. The van der Waals surface area contributed by atoms with Gasteiger partial charge in [-0.25, -0.2) is 0 Å². The number of hydrogen-bond acceptors (Lipinski definition) is 3. The van der Waals surface area contributed by atoms with Crippen LogP contribution in [0, 0.1) is 0 Å². The maximum atomic E-state index is 9.96. The lowest BCUT2D eigenvalue weighted by atomic mass is 10.3. The molecule has 0 aliphatic heterocycles. The van der Waals surface area contributed by atoms with E-state index in [4.69, 9.17) is 9.47 Å². The Hall–Kier alpha value is -0.120. The first-order valence-corrected chi connectivity index (χ1v) is 5.58. The summed E-state index contributed by atoms with van der Waals surface area (Å²) in [6, 6.07) is 0. The van der Waals surface area contributed by atoms with E-state index in [1.165, 1.54) is 0 Å². The van der Waals surface area contributed by atoms with Gasteiger partial charge in [-0.3, -0.25) is 0 Å². The molecule has 0 aliphatic carbocycles. The fraction of sp³-hybridized carbons (Fsp3) is 1.00. The molecule has 3 heteroatoms. The topological polar surface area (TPSA) is 38.7 Å². The van der Waals surface area contributed by atoms with Gasteiger partial charge in [-0.05, 0) is 26.7 Å². The van der Waals surface area contributed by atoms with Crippen LogP contribution in [0.1, 0.15) is 53.4 Å². The summed E-state index contributed by atoms with van der Waals surface area (Å²) in [5.74, 6) is -1.38. The minimum Gasteiger partial charge on any atom is -0.343 e. The summed E-state index contributed by atoms with van der Waals surface area (Å²) in [6.45, 7) is 8.43. The second-order valence-corrected chi connectivity index (χ2v) is 3.83. The van der Waals surface area contributed by atoms with E-state index in [0.717, 1.165) is 19.3 Å². The van der Waals surface area contributed by atoms with Crippen LogP contribution in [0.25, 0.3) is 0 Å². The number of hydrogen-bond donors (Lipinski definition) is 1. The third kappa shape index (κ3) is 6.35. The molecule has 0 aromatic heterocycles. The quantitative estimate of drug-likeness (QED) is 0.488. The lowest BCUT2D eigenvalue weighted by Crippen LogP contribution is -2.38. The van der Waals surface area contributed by atoms with Crippen LogP contribution >= 0.6 is 0 Å². The lowest BCUT2D eigenvalue weighted by molar-refractivity contribution is -0.374. The monoisotopic (exact) mass is 204 g/mol. The van der Waals surface area contributed by atoms with Crippen LogP contribution in [0.4, 0.5) is 0 Å². The van der Waals surface area contributed by atoms with Gasteiger partial charge in [0.15, 0.2) is 0 Å². The smallest absolute Gasteiger partial charge is 0.280 e. The van der Waals surface area contributed by atoms with E-state index in [9.17, 15) is 5.11 Å². The van der Waals surface area contributed by atoms with Crippen molar-refractivity contribution in [3.05, 3.63) is 0 Å². The zero-order valence-electron chi connectivity index (χ0n) is 9.88. The fourth-order valence-electron chi connectivity index (χ4n) is 1.23. The Morgan fingerprint density at radius 3 is 2.29 bits per heavy atom. The molecule has 0 radical (unpaired) electrons. The minimum atomic E-state index is -1.38. The molecule has 0 rings (SSSR count). The summed E-state index contributed by atoms with van der Waals surface area (Å²) in [6.07, 6.45) is 3.36. The lowest BCUT2D eigenvalue weighted by Gasteiger charge is -2.29. The van der Waals surface area contributed by atoms with Crippen molar-refractivity contribution in [3.63, 3.8) is 0 Å². The Morgan fingerprint density at radius 1 is 1.21 bits per heavy atom. The van der Waals surface area contributed by atoms with Gasteiger partial charge in [-0.15, -0.1) is 0 Å². The first-order valence-electron chi connectivity index (χ1n) is 5.58. The summed E-state index contributed by atoms with van der Waals surface area (Å²) in [4.78, 5) is 0. The predicted molar refractivity (Wildman–Crippen MR) is 56.9 cm³/mol. The first-order chi connectivity index (χ1) is 6.54. The highest BCUT2D eigenvalue weighted by molar-refractivity contribution is 4.55. The first kappa shape index (κ1) is 13.9. The van der Waals surface area contributed by atoms with E-state index >= 15 is 0 Å². The van der Waals surface area contributed by atoms with Gasteiger partial charge in [0.25, 0.3) is 5.97 Å². The van der Waals surface area contributed by atoms with Gasteiger partial charge in [0.05, 0.1) is 12.7 Å². The SMILES string of the molecule is CCCCOC(O)(CCC)OC(C)C. The standard InChI is InChI=1S/C11H24O3/c1-5-7-9-13-11(12,8-6-2)14-10(3)4/h10,12H,5-9H2,1-4H3. The highest BCUT2D eigenvalue weighted by Crippen LogP contribution is 2.19. The molecule has 1 unspecified atom stereocenters. The zero-order valence-corrected chi connectivity index (χ0v) is 9.88. The van der Waals surface area contributed by atoms with E-state index in [0.29, 0.717) is 13.0 Å². The van der Waals surface area contributed by atoms with Crippen molar-refractivity contribution < 1.29 is 14.6 Å². The third-order valence-corrected chi connectivity index (χ3v) is 1.81. The van der Waals surface area contributed by atoms with Crippen molar-refractivity contribution in [2.75, 3.05) is 6.61 Å². The molecule has 3 nitrogen and oxygen atoms in total. The average Bonchev–Trinajstić information content (AvgIpc) is 2.03. The van der Waals surface area contributed by atoms with Gasteiger partial charge in [0.1, 0.15) is 0 Å². The second-order valence-electron chi connectivity index (χ2n) is 3.83. The molecule has 14 heavy (non-hydrogen) atoms. The maximum Gasteiger partial charge on any atom is 0.280 e. The van der Waals surface area contributed by atoms with Gasteiger partial charge >= 0.3 is 0 Å². The Balaban J connectivity index is 3.95. The third-order valence-electron chi connectivity index (χ3n) is 1.81. The van der Waals surface area contributed by atoms with Crippen molar-refractivity contribution in [2.24, 2.45) is 0 Å². The molecule has 1 N–H and O–H groups in total. The van der Waals surface area contributed by atoms with Crippen LogP contribution in [-0.2, 0) is 9.47 Å². The van der Waals surface area contributed by atoms with E-state index in [-0.39, 0.29) is 6.10 Å². The number of aliphatic hydroxyl groups is 1. The van der Waals surface area contributed by atoms with Crippen molar-refractivity contribution >= 4 is 0 Å². The summed E-state index contributed by atoms with van der Waals surface area (Å²) >= 11 is 0. The number of rotatable bonds is 8. The minimum absolute atomic E-state index is 0.0202. The fourth-order valence-corrected chi connectivity index (χ4v) is 1.23. The van der Waals surface area contributed by atoms with E-state index < -0.39 is 5.97 Å². The Morgan fingerprint density at radius 2 is 1.86 bits per heavy atom. The maximum absolute atomic E-state index is 9.96. The molecule has 0 saturated heterocycles. The van der Waals surface area contributed by atoms with Gasteiger partial charge in [-0.1, -0.05) is 20.3 Å². The molecule has 0 aliphatic rings. The average molecular weight is 204 g/mol. The van der Waals surface area contributed by atoms with Crippen LogP contribution < -0.4 is 0 Å².